The van der Waals surface area contributed by atoms with Crippen LogP contribution >= 0.6 is 0 Å². The summed E-state index contributed by atoms with van der Waals surface area (Å²) in [6.07, 6.45) is 0.199. The summed E-state index contributed by atoms with van der Waals surface area (Å²) in [7, 11) is 1.58. The number of hydrogen-bond donors (Lipinski definition) is 4. The maximum absolute atomic E-state index is 11.2. The molecule has 0 amide bonds. The van der Waals surface area contributed by atoms with Crippen LogP contribution in [0.1, 0.15) is 24.9 Å². The topological polar surface area (TPSA) is 90.1 Å². The van der Waals surface area contributed by atoms with Crippen LogP contribution in [0.3, 0.4) is 0 Å². The molecule has 0 aliphatic carbocycles. The molecule has 110 valence electrons. The monoisotopic (exact) mass is 279 g/mol. The molecule has 0 aliphatic rings. The first-order valence-corrected chi connectivity index (χ1v) is 6.72. The van der Waals surface area contributed by atoms with Crippen LogP contribution in [-0.2, 0) is 4.74 Å². The van der Waals surface area contributed by atoms with Gasteiger partial charge in [-0.2, -0.15) is 0 Å². The summed E-state index contributed by atoms with van der Waals surface area (Å²) in [6, 6.07) is 5.97. The van der Waals surface area contributed by atoms with E-state index in [2.05, 4.69) is 22.2 Å². The number of nitrogens with one attached hydrogen (secondary N) is 3. The van der Waals surface area contributed by atoms with Crippen LogP contribution in [0.25, 0.3) is 11.0 Å². The highest BCUT2D eigenvalue weighted by Gasteiger charge is 2.08. The quantitative estimate of drug-likeness (QED) is 0.606. The summed E-state index contributed by atoms with van der Waals surface area (Å²) in [5.41, 5.74) is 2.51. The molecule has 2 aromatic rings. The fourth-order valence-corrected chi connectivity index (χ4v) is 2.18. The van der Waals surface area contributed by atoms with Gasteiger partial charge in [0.15, 0.2) is 0 Å². The summed E-state index contributed by atoms with van der Waals surface area (Å²) in [6.45, 7) is 3.11. The maximum Gasteiger partial charge on any atom is 0.323 e. The summed E-state index contributed by atoms with van der Waals surface area (Å²) >= 11 is 0. The molecule has 20 heavy (non-hydrogen) atoms. The first-order chi connectivity index (χ1) is 9.60. The van der Waals surface area contributed by atoms with Crippen LogP contribution in [0.4, 0.5) is 0 Å². The maximum atomic E-state index is 11.2. The molecule has 0 bridgehead atoms. The van der Waals surface area contributed by atoms with Gasteiger partial charge in [0.1, 0.15) is 0 Å². The van der Waals surface area contributed by atoms with E-state index in [4.69, 9.17) is 4.74 Å². The lowest BCUT2D eigenvalue weighted by Crippen LogP contribution is -2.25. The normalized spacial score (nSPS) is 14.6. The van der Waals surface area contributed by atoms with E-state index in [1.54, 1.807) is 7.11 Å². The zero-order valence-corrected chi connectivity index (χ0v) is 11.8. The van der Waals surface area contributed by atoms with Gasteiger partial charge in [0.05, 0.1) is 23.7 Å². The van der Waals surface area contributed by atoms with Gasteiger partial charge in [-0.05, 0) is 37.6 Å². The number of methoxy groups -OCH3 is 1. The van der Waals surface area contributed by atoms with E-state index >= 15 is 0 Å². The van der Waals surface area contributed by atoms with Crippen molar-refractivity contribution in [3.63, 3.8) is 0 Å². The van der Waals surface area contributed by atoms with E-state index in [0.29, 0.717) is 19.6 Å². The van der Waals surface area contributed by atoms with Crippen molar-refractivity contribution < 1.29 is 9.84 Å². The molecule has 1 aromatic heterocycles. The molecule has 2 atom stereocenters. The zero-order chi connectivity index (χ0) is 14.5. The Morgan fingerprint density at radius 1 is 1.35 bits per heavy atom. The fourth-order valence-electron chi connectivity index (χ4n) is 2.18. The van der Waals surface area contributed by atoms with E-state index in [1.807, 2.05) is 18.2 Å². The molecule has 0 spiro atoms. The van der Waals surface area contributed by atoms with Gasteiger partial charge in [-0.1, -0.05) is 6.07 Å². The lowest BCUT2D eigenvalue weighted by molar-refractivity contribution is 0.0590. The molecular weight excluding hydrogens is 258 g/mol. The van der Waals surface area contributed by atoms with Crippen LogP contribution in [0.2, 0.25) is 0 Å². The highest BCUT2D eigenvalue weighted by molar-refractivity contribution is 5.75. The molecule has 2 unspecified atom stereocenters. The Balaban J connectivity index is 1.93. The number of hydrogen-bond acceptors (Lipinski definition) is 4. The number of aromatic nitrogens is 2. The van der Waals surface area contributed by atoms with Crippen molar-refractivity contribution in [2.24, 2.45) is 0 Å². The predicted molar refractivity (Wildman–Crippen MR) is 77.8 cm³/mol. The Kier molecular flexibility index (Phi) is 4.94. The highest BCUT2D eigenvalue weighted by atomic mass is 16.5. The molecule has 0 saturated heterocycles. The average molecular weight is 279 g/mol. The lowest BCUT2D eigenvalue weighted by Gasteiger charge is -2.16. The second kappa shape index (κ2) is 6.69. The smallest absolute Gasteiger partial charge is 0.323 e. The van der Waals surface area contributed by atoms with E-state index in [-0.39, 0.29) is 11.7 Å². The summed E-state index contributed by atoms with van der Waals surface area (Å²) in [4.78, 5) is 16.7. The minimum atomic E-state index is -0.441. The Labute approximate surface area is 117 Å². The SMILES string of the molecule is COCC(O)CCNC(C)c1ccc2[nH]c(=O)[nH]c2c1. The van der Waals surface area contributed by atoms with Gasteiger partial charge in [-0.15, -0.1) is 0 Å². The Morgan fingerprint density at radius 2 is 2.10 bits per heavy atom. The van der Waals surface area contributed by atoms with Crippen LogP contribution < -0.4 is 11.0 Å². The summed E-state index contributed by atoms with van der Waals surface area (Å²) in [5.74, 6) is 0. The standard InChI is InChI=1S/C14H21N3O3/c1-9(15-6-5-11(18)8-20-2)10-3-4-12-13(7-10)17-14(19)16-12/h3-4,7,9,11,15,18H,5-6,8H2,1-2H3,(H2,16,17,19). The fraction of sp³-hybridized carbons (Fsp3) is 0.500. The second-order valence-electron chi connectivity index (χ2n) is 4.96. The van der Waals surface area contributed by atoms with Crippen molar-refractivity contribution in [3.05, 3.63) is 34.2 Å². The van der Waals surface area contributed by atoms with Gasteiger partial charge in [-0.25, -0.2) is 4.79 Å². The molecule has 6 nitrogen and oxygen atoms in total. The highest BCUT2D eigenvalue weighted by Crippen LogP contribution is 2.16. The largest absolute Gasteiger partial charge is 0.391 e. The summed E-state index contributed by atoms with van der Waals surface area (Å²) in [5, 5.41) is 12.9. The van der Waals surface area contributed by atoms with Gasteiger partial charge in [0.2, 0.25) is 0 Å². The van der Waals surface area contributed by atoms with E-state index < -0.39 is 6.10 Å². The third-order valence-corrected chi connectivity index (χ3v) is 3.33. The number of ether oxygens (including phenoxy) is 1. The molecule has 0 saturated carbocycles. The molecule has 0 fully saturated rings. The number of imidazole rings is 1. The lowest BCUT2D eigenvalue weighted by atomic mass is 10.1. The number of H-pyrrole nitrogens is 2. The number of aliphatic hydroxyl groups excluding tert-OH is 1. The Hall–Kier alpha value is -1.63. The number of fused-ring (bicyclic) bond motifs is 1. The molecule has 4 N–H and O–H groups in total. The molecule has 2 rings (SSSR count). The number of rotatable bonds is 7. The average Bonchev–Trinajstić information content (AvgIpc) is 2.77. The zero-order valence-electron chi connectivity index (χ0n) is 11.8. The van der Waals surface area contributed by atoms with E-state index in [9.17, 15) is 9.90 Å². The minimum Gasteiger partial charge on any atom is -0.391 e. The molecular formula is C14H21N3O3. The van der Waals surface area contributed by atoms with Crippen LogP contribution in [0, 0.1) is 0 Å². The van der Waals surface area contributed by atoms with E-state index in [1.165, 1.54) is 0 Å². The van der Waals surface area contributed by atoms with Crippen molar-refractivity contribution in [1.29, 1.82) is 0 Å². The first kappa shape index (κ1) is 14.8. The van der Waals surface area contributed by atoms with Crippen molar-refractivity contribution in [2.75, 3.05) is 20.3 Å². The molecule has 1 heterocycles. The van der Waals surface area contributed by atoms with Crippen molar-refractivity contribution in [2.45, 2.75) is 25.5 Å². The predicted octanol–water partition coefficient (Wildman–Crippen LogP) is 0.904. The third kappa shape index (κ3) is 3.69. The van der Waals surface area contributed by atoms with Crippen LogP contribution in [0.15, 0.2) is 23.0 Å². The van der Waals surface area contributed by atoms with Gasteiger partial charge in [0.25, 0.3) is 0 Å². The van der Waals surface area contributed by atoms with Gasteiger partial charge in [-0.3, -0.25) is 0 Å². The number of benzene rings is 1. The van der Waals surface area contributed by atoms with Crippen LogP contribution in [0.5, 0.6) is 0 Å². The molecule has 0 radical (unpaired) electrons. The molecule has 1 aromatic carbocycles. The Morgan fingerprint density at radius 3 is 2.85 bits per heavy atom. The van der Waals surface area contributed by atoms with E-state index in [0.717, 1.165) is 16.6 Å². The first-order valence-electron chi connectivity index (χ1n) is 6.72. The molecule has 6 heteroatoms. The third-order valence-electron chi connectivity index (χ3n) is 3.33. The second-order valence-corrected chi connectivity index (χ2v) is 4.96. The van der Waals surface area contributed by atoms with Gasteiger partial charge in [0, 0.05) is 13.2 Å². The number of aliphatic hydroxyl groups is 1. The number of aromatic amines is 2. The minimum absolute atomic E-state index is 0.146. The van der Waals surface area contributed by atoms with Crippen molar-refractivity contribution >= 4 is 11.0 Å². The van der Waals surface area contributed by atoms with Crippen molar-refractivity contribution in [3.8, 4) is 0 Å². The molecule has 0 aliphatic heterocycles. The Bertz CT molecular complexity index is 605. The van der Waals surface area contributed by atoms with Gasteiger partial charge < -0.3 is 25.1 Å². The van der Waals surface area contributed by atoms with Crippen molar-refractivity contribution in [1.82, 2.24) is 15.3 Å². The summed E-state index contributed by atoms with van der Waals surface area (Å²) < 4.78 is 4.88. The van der Waals surface area contributed by atoms with Crippen LogP contribution in [-0.4, -0.2) is 41.4 Å². The van der Waals surface area contributed by atoms with Gasteiger partial charge >= 0.3 is 5.69 Å².